The third-order valence-electron chi connectivity index (χ3n) is 5.17. The predicted molar refractivity (Wildman–Crippen MR) is 93.2 cm³/mol. The summed E-state index contributed by atoms with van der Waals surface area (Å²) in [5.41, 5.74) is 2.76. The molecule has 25 heavy (non-hydrogen) atoms. The number of rotatable bonds is 3. The SMILES string of the molecule is COC(=O)CN1C[C@@H]2C[C@H](C1)c1cc(-c3ccccn3)cc(=O)n1C2. The van der Waals surface area contributed by atoms with Crippen LogP contribution in [-0.4, -0.2) is 47.2 Å². The molecule has 2 aromatic rings. The molecule has 2 atom stereocenters. The molecule has 0 unspecified atom stereocenters. The van der Waals surface area contributed by atoms with Gasteiger partial charge >= 0.3 is 5.97 Å². The van der Waals surface area contributed by atoms with Gasteiger partial charge < -0.3 is 9.30 Å². The molecule has 0 aromatic carbocycles. The van der Waals surface area contributed by atoms with Crippen LogP contribution in [0.4, 0.5) is 0 Å². The Labute approximate surface area is 146 Å². The van der Waals surface area contributed by atoms with Gasteiger partial charge in [0.25, 0.3) is 5.56 Å². The van der Waals surface area contributed by atoms with Crippen molar-refractivity contribution in [1.29, 1.82) is 0 Å². The standard InChI is InChI=1S/C19H21N3O3/c1-25-19(24)12-21-9-13-6-15(11-21)17-7-14(8-18(23)22(17)10-13)16-4-2-3-5-20-16/h2-5,7-8,13,15H,6,9-12H2,1H3/t13-,15+/m0/s1. The Hall–Kier alpha value is -2.47. The number of hydrogen-bond donors (Lipinski definition) is 0. The van der Waals surface area contributed by atoms with Gasteiger partial charge in [-0.3, -0.25) is 19.5 Å². The van der Waals surface area contributed by atoms with E-state index in [1.54, 1.807) is 12.3 Å². The highest BCUT2D eigenvalue weighted by molar-refractivity contribution is 5.71. The molecule has 2 bridgehead atoms. The topological polar surface area (TPSA) is 64.4 Å². The van der Waals surface area contributed by atoms with Gasteiger partial charge in [0.15, 0.2) is 0 Å². The fraction of sp³-hybridized carbons (Fsp3) is 0.421. The van der Waals surface area contributed by atoms with Crippen molar-refractivity contribution in [3.8, 4) is 11.3 Å². The van der Waals surface area contributed by atoms with Crippen LogP contribution >= 0.6 is 0 Å². The summed E-state index contributed by atoms with van der Waals surface area (Å²) in [4.78, 5) is 30.8. The summed E-state index contributed by atoms with van der Waals surface area (Å²) >= 11 is 0. The highest BCUT2D eigenvalue weighted by atomic mass is 16.5. The maximum absolute atomic E-state index is 12.6. The van der Waals surface area contributed by atoms with Crippen LogP contribution in [0, 0.1) is 5.92 Å². The minimum atomic E-state index is -0.209. The lowest BCUT2D eigenvalue weighted by atomic mass is 9.82. The zero-order chi connectivity index (χ0) is 17.4. The van der Waals surface area contributed by atoms with E-state index in [1.165, 1.54) is 7.11 Å². The van der Waals surface area contributed by atoms with Gasteiger partial charge in [0.2, 0.25) is 0 Å². The van der Waals surface area contributed by atoms with E-state index in [0.29, 0.717) is 19.0 Å². The highest BCUT2D eigenvalue weighted by Crippen LogP contribution is 2.36. The number of carbonyl (C=O) groups excluding carboxylic acids is 1. The summed E-state index contributed by atoms with van der Waals surface area (Å²) in [6, 6.07) is 9.48. The summed E-state index contributed by atoms with van der Waals surface area (Å²) in [5, 5.41) is 0. The van der Waals surface area contributed by atoms with Gasteiger partial charge in [0.05, 0.1) is 19.3 Å². The lowest BCUT2D eigenvalue weighted by Crippen LogP contribution is -2.48. The molecule has 0 saturated carbocycles. The van der Waals surface area contributed by atoms with Crippen LogP contribution in [0.5, 0.6) is 0 Å². The lowest BCUT2D eigenvalue weighted by Gasteiger charge is -2.42. The van der Waals surface area contributed by atoms with Crippen molar-refractivity contribution in [1.82, 2.24) is 14.5 Å². The average molecular weight is 339 g/mol. The van der Waals surface area contributed by atoms with E-state index in [9.17, 15) is 9.59 Å². The minimum absolute atomic E-state index is 0.0364. The smallest absolute Gasteiger partial charge is 0.319 e. The number of piperidine rings is 1. The molecule has 2 aromatic heterocycles. The number of ether oxygens (including phenoxy) is 1. The molecule has 2 aliphatic heterocycles. The van der Waals surface area contributed by atoms with Crippen LogP contribution in [0.1, 0.15) is 18.0 Å². The number of pyridine rings is 2. The Morgan fingerprint density at radius 2 is 2.16 bits per heavy atom. The van der Waals surface area contributed by atoms with Gasteiger partial charge in [-0.15, -0.1) is 0 Å². The van der Waals surface area contributed by atoms with Gasteiger partial charge in [0, 0.05) is 49.1 Å². The van der Waals surface area contributed by atoms with E-state index in [0.717, 1.165) is 36.5 Å². The Kier molecular flexibility index (Phi) is 4.13. The maximum atomic E-state index is 12.6. The molecule has 1 fully saturated rings. The molecule has 1 saturated heterocycles. The maximum Gasteiger partial charge on any atom is 0.319 e. The van der Waals surface area contributed by atoms with Crippen molar-refractivity contribution in [3.63, 3.8) is 0 Å². The molecule has 0 amide bonds. The molecule has 0 aliphatic carbocycles. The van der Waals surface area contributed by atoms with Crippen LogP contribution in [0.15, 0.2) is 41.3 Å². The van der Waals surface area contributed by atoms with Crippen molar-refractivity contribution in [2.45, 2.75) is 18.9 Å². The Morgan fingerprint density at radius 1 is 1.28 bits per heavy atom. The molecule has 4 heterocycles. The summed E-state index contributed by atoms with van der Waals surface area (Å²) in [6.07, 6.45) is 2.80. The van der Waals surface area contributed by atoms with E-state index < -0.39 is 0 Å². The van der Waals surface area contributed by atoms with E-state index in [4.69, 9.17) is 4.74 Å². The first kappa shape index (κ1) is 16.0. The second-order valence-electron chi connectivity index (χ2n) is 6.90. The van der Waals surface area contributed by atoms with Crippen molar-refractivity contribution in [2.75, 3.05) is 26.7 Å². The van der Waals surface area contributed by atoms with Crippen LogP contribution in [0.2, 0.25) is 0 Å². The first-order valence-electron chi connectivity index (χ1n) is 8.59. The van der Waals surface area contributed by atoms with Gasteiger partial charge in [-0.1, -0.05) is 6.07 Å². The molecule has 4 rings (SSSR count). The summed E-state index contributed by atoms with van der Waals surface area (Å²) in [6.45, 7) is 2.63. The summed E-state index contributed by atoms with van der Waals surface area (Å²) in [7, 11) is 1.42. The molecule has 0 spiro atoms. The number of likely N-dealkylation sites (tertiary alicyclic amines) is 1. The van der Waals surface area contributed by atoms with Gasteiger partial charge in [-0.25, -0.2) is 0 Å². The van der Waals surface area contributed by atoms with E-state index in [2.05, 4.69) is 16.0 Å². The molecule has 6 heteroatoms. The van der Waals surface area contributed by atoms with Crippen LogP contribution in [0.25, 0.3) is 11.3 Å². The molecule has 6 nitrogen and oxygen atoms in total. The number of aromatic nitrogens is 2. The van der Waals surface area contributed by atoms with E-state index in [1.807, 2.05) is 22.8 Å². The number of carbonyl (C=O) groups is 1. The second-order valence-corrected chi connectivity index (χ2v) is 6.90. The largest absolute Gasteiger partial charge is 0.468 e. The number of nitrogens with zero attached hydrogens (tertiary/aromatic N) is 3. The predicted octanol–water partition coefficient (Wildman–Crippen LogP) is 1.50. The Morgan fingerprint density at radius 3 is 2.92 bits per heavy atom. The molecule has 0 radical (unpaired) electrons. The second kappa shape index (κ2) is 6.44. The monoisotopic (exact) mass is 339 g/mol. The normalized spacial score (nSPS) is 22.3. The van der Waals surface area contributed by atoms with Gasteiger partial charge in [0.1, 0.15) is 0 Å². The summed E-state index contributed by atoms with van der Waals surface area (Å²) < 4.78 is 6.70. The molecular weight excluding hydrogens is 318 g/mol. The Bertz CT molecular complexity index is 847. The van der Waals surface area contributed by atoms with Crippen molar-refractivity contribution < 1.29 is 9.53 Å². The van der Waals surface area contributed by atoms with Crippen molar-refractivity contribution >= 4 is 5.97 Å². The highest BCUT2D eigenvalue weighted by Gasteiger charge is 2.35. The number of hydrogen-bond acceptors (Lipinski definition) is 5. The first-order chi connectivity index (χ1) is 12.1. The van der Waals surface area contributed by atoms with Gasteiger partial charge in [-0.2, -0.15) is 0 Å². The number of methoxy groups -OCH3 is 1. The summed E-state index contributed by atoms with van der Waals surface area (Å²) in [5.74, 6) is 0.447. The first-order valence-corrected chi connectivity index (χ1v) is 8.59. The molecule has 130 valence electrons. The lowest BCUT2D eigenvalue weighted by molar-refractivity contribution is -0.142. The fourth-order valence-corrected chi connectivity index (χ4v) is 4.12. The average Bonchev–Trinajstić information content (AvgIpc) is 2.63. The van der Waals surface area contributed by atoms with Crippen LogP contribution in [-0.2, 0) is 16.1 Å². The fourth-order valence-electron chi connectivity index (χ4n) is 4.12. The van der Waals surface area contributed by atoms with E-state index >= 15 is 0 Å². The Balaban J connectivity index is 1.68. The third kappa shape index (κ3) is 3.09. The van der Waals surface area contributed by atoms with E-state index in [-0.39, 0.29) is 17.4 Å². The number of fused-ring (bicyclic) bond motifs is 4. The zero-order valence-electron chi connectivity index (χ0n) is 14.2. The number of esters is 1. The zero-order valence-corrected chi connectivity index (χ0v) is 14.2. The molecular formula is C19H21N3O3. The molecule has 0 N–H and O–H groups in total. The van der Waals surface area contributed by atoms with Crippen LogP contribution in [0.3, 0.4) is 0 Å². The molecule has 2 aliphatic rings. The third-order valence-corrected chi connectivity index (χ3v) is 5.17. The minimum Gasteiger partial charge on any atom is -0.468 e. The quantitative estimate of drug-likeness (QED) is 0.793. The van der Waals surface area contributed by atoms with Crippen molar-refractivity contribution in [2.24, 2.45) is 5.92 Å². The van der Waals surface area contributed by atoms with Crippen molar-refractivity contribution in [3.05, 3.63) is 52.6 Å². The van der Waals surface area contributed by atoms with Crippen LogP contribution < -0.4 is 5.56 Å². The van der Waals surface area contributed by atoms with Gasteiger partial charge in [-0.05, 0) is 30.5 Å².